The normalized spacial score (nSPS) is 14.5. The van der Waals surface area contributed by atoms with Crippen molar-refractivity contribution in [2.75, 3.05) is 11.9 Å². The molecule has 0 bridgehead atoms. The number of carbonyl (C=O) groups excluding carboxylic acids is 1. The zero-order valence-corrected chi connectivity index (χ0v) is 13.6. The Morgan fingerprint density at radius 2 is 2.17 bits per heavy atom. The predicted octanol–water partition coefficient (Wildman–Crippen LogP) is 2.69. The van der Waals surface area contributed by atoms with Gasteiger partial charge in [-0.25, -0.2) is 4.79 Å². The summed E-state index contributed by atoms with van der Waals surface area (Å²) < 4.78 is 2.32. The van der Waals surface area contributed by atoms with Crippen molar-refractivity contribution in [2.24, 2.45) is 0 Å². The molecule has 124 valence electrons. The molecule has 0 fully saturated rings. The van der Waals surface area contributed by atoms with Gasteiger partial charge in [-0.1, -0.05) is 18.2 Å². The first-order valence-electron chi connectivity index (χ1n) is 8.28. The SMILES string of the molecule is CCn1ncc(NC(=O)N2CCCn3c(cc4ccccc43)C2)n1. The van der Waals surface area contributed by atoms with Gasteiger partial charge in [0, 0.05) is 24.3 Å². The second-order valence-corrected chi connectivity index (χ2v) is 5.97. The Morgan fingerprint density at radius 1 is 1.29 bits per heavy atom. The number of urea groups is 1. The molecule has 0 saturated carbocycles. The topological polar surface area (TPSA) is 68.0 Å². The van der Waals surface area contributed by atoms with Crippen molar-refractivity contribution in [3.63, 3.8) is 0 Å². The van der Waals surface area contributed by atoms with Crippen molar-refractivity contribution in [2.45, 2.75) is 33.0 Å². The Bertz CT molecular complexity index is 880. The number of carbonyl (C=O) groups is 1. The van der Waals surface area contributed by atoms with E-state index in [2.05, 4.69) is 44.3 Å². The smallest absolute Gasteiger partial charge is 0.323 e. The van der Waals surface area contributed by atoms with Crippen LogP contribution in [0.5, 0.6) is 0 Å². The van der Waals surface area contributed by atoms with Crippen LogP contribution >= 0.6 is 0 Å². The Labute approximate surface area is 139 Å². The van der Waals surface area contributed by atoms with Gasteiger partial charge in [0.2, 0.25) is 0 Å². The summed E-state index contributed by atoms with van der Waals surface area (Å²) in [6.45, 7) is 4.89. The number of nitrogens with one attached hydrogen (secondary N) is 1. The van der Waals surface area contributed by atoms with Crippen LogP contribution in [-0.2, 0) is 19.6 Å². The van der Waals surface area contributed by atoms with Gasteiger partial charge in [-0.05, 0) is 30.9 Å². The lowest BCUT2D eigenvalue weighted by Gasteiger charge is -2.19. The largest absolute Gasteiger partial charge is 0.343 e. The third kappa shape index (κ3) is 2.62. The number of benzene rings is 1. The summed E-state index contributed by atoms with van der Waals surface area (Å²) in [6.07, 6.45) is 2.51. The molecular weight excluding hydrogens is 304 g/mol. The summed E-state index contributed by atoms with van der Waals surface area (Å²) >= 11 is 0. The first-order chi connectivity index (χ1) is 11.7. The van der Waals surface area contributed by atoms with E-state index in [1.807, 2.05) is 17.9 Å². The van der Waals surface area contributed by atoms with E-state index >= 15 is 0 Å². The number of rotatable bonds is 2. The molecule has 3 heterocycles. The lowest BCUT2D eigenvalue weighted by molar-refractivity contribution is 0.210. The number of hydrogen-bond donors (Lipinski definition) is 1. The molecule has 24 heavy (non-hydrogen) atoms. The first-order valence-corrected chi connectivity index (χ1v) is 8.28. The highest BCUT2D eigenvalue weighted by atomic mass is 16.2. The monoisotopic (exact) mass is 324 g/mol. The second-order valence-electron chi connectivity index (χ2n) is 5.97. The van der Waals surface area contributed by atoms with Crippen LogP contribution in [0.25, 0.3) is 10.9 Å². The van der Waals surface area contributed by atoms with Gasteiger partial charge in [0.05, 0.1) is 19.3 Å². The average Bonchev–Trinajstić information content (AvgIpc) is 3.12. The number of fused-ring (bicyclic) bond motifs is 3. The minimum absolute atomic E-state index is 0.128. The maximum atomic E-state index is 12.6. The fraction of sp³-hybridized carbons (Fsp3) is 0.353. The highest BCUT2D eigenvalue weighted by Gasteiger charge is 2.21. The number of anilines is 1. The van der Waals surface area contributed by atoms with Crippen LogP contribution in [0.15, 0.2) is 36.5 Å². The van der Waals surface area contributed by atoms with E-state index in [0.717, 1.165) is 19.5 Å². The molecule has 0 radical (unpaired) electrons. The van der Waals surface area contributed by atoms with Crippen LogP contribution in [0.3, 0.4) is 0 Å². The van der Waals surface area contributed by atoms with E-state index < -0.39 is 0 Å². The molecule has 1 aromatic carbocycles. The molecule has 4 rings (SSSR count). The summed E-state index contributed by atoms with van der Waals surface area (Å²) in [7, 11) is 0. The molecule has 0 spiro atoms. The van der Waals surface area contributed by atoms with E-state index in [1.54, 1.807) is 11.0 Å². The lowest BCUT2D eigenvalue weighted by Crippen LogP contribution is -2.34. The van der Waals surface area contributed by atoms with Gasteiger partial charge in [-0.3, -0.25) is 5.32 Å². The number of aromatic nitrogens is 4. The summed E-state index contributed by atoms with van der Waals surface area (Å²) in [5.41, 5.74) is 2.40. The van der Waals surface area contributed by atoms with E-state index in [-0.39, 0.29) is 6.03 Å². The predicted molar refractivity (Wildman–Crippen MR) is 91.7 cm³/mol. The van der Waals surface area contributed by atoms with Crippen molar-refractivity contribution >= 4 is 22.8 Å². The molecule has 3 aromatic rings. The van der Waals surface area contributed by atoms with Crippen LogP contribution < -0.4 is 5.32 Å². The number of amides is 2. The number of nitrogens with zero attached hydrogens (tertiary/aromatic N) is 5. The molecule has 0 saturated heterocycles. The Morgan fingerprint density at radius 3 is 3.00 bits per heavy atom. The number of hydrogen-bond acceptors (Lipinski definition) is 3. The number of aryl methyl sites for hydroxylation is 2. The highest BCUT2D eigenvalue weighted by Crippen LogP contribution is 2.24. The van der Waals surface area contributed by atoms with Gasteiger partial charge >= 0.3 is 6.03 Å². The van der Waals surface area contributed by atoms with Gasteiger partial charge < -0.3 is 9.47 Å². The van der Waals surface area contributed by atoms with E-state index in [0.29, 0.717) is 18.9 Å². The van der Waals surface area contributed by atoms with Crippen LogP contribution in [-0.4, -0.2) is 37.0 Å². The van der Waals surface area contributed by atoms with Gasteiger partial charge in [0.25, 0.3) is 0 Å². The maximum absolute atomic E-state index is 12.6. The molecular formula is C17H20N6O. The molecule has 2 aromatic heterocycles. The molecule has 1 aliphatic rings. The molecule has 0 atom stereocenters. The zero-order chi connectivity index (χ0) is 16.5. The molecule has 2 amide bonds. The van der Waals surface area contributed by atoms with Crippen molar-refractivity contribution < 1.29 is 4.79 Å². The fourth-order valence-electron chi connectivity index (χ4n) is 3.23. The van der Waals surface area contributed by atoms with Gasteiger partial charge in [-0.15, -0.1) is 5.10 Å². The van der Waals surface area contributed by atoms with Crippen LogP contribution in [0.4, 0.5) is 10.6 Å². The lowest BCUT2D eigenvalue weighted by atomic mass is 10.2. The second kappa shape index (κ2) is 5.99. The molecule has 0 unspecified atom stereocenters. The van der Waals surface area contributed by atoms with E-state index in [1.165, 1.54) is 16.6 Å². The van der Waals surface area contributed by atoms with Crippen molar-refractivity contribution in [1.82, 2.24) is 24.5 Å². The minimum Gasteiger partial charge on any atom is -0.343 e. The van der Waals surface area contributed by atoms with Gasteiger partial charge in [0.15, 0.2) is 5.82 Å². The van der Waals surface area contributed by atoms with Crippen LogP contribution in [0, 0.1) is 0 Å². The molecule has 1 N–H and O–H groups in total. The quantitative estimate of drug-likeness (QED) is 0.788. The summed E-state index contributed by atoms with van der Waals surface area (Å²) in [5, 5.41) is 12.4. The summed E-state index contributed by atoms with van der Waals surface area (Å²) in [6, 6.07) is 10.4. The average molecular weight is 324 g/mol. The molecule has 7 heteroatoms. The Balaban J connectivity index is 1.55. The number of para-hydroxylation sites is 1. The standard InChI is InChI=1S/C17H20N6O/c1-2-23-18-11-16(20-23)19-17(24)21-8-5-9-22-14(12-21)10-13-6-3-4-7-15(13)22/h3-4,6-7,10-11H,2,5,8-9,12H2,1H3,(H,19,20,24). The van der Waals surface area contributed by atoms with Crippen molar-refractivity contribution in [3.05, 3.63) is 42.2 Å². The maximum Gasteiger partial charge on any atom is 0.323 e. The molecule has 7 nitrogen and oxygen atoms in total. The summed E-state index contributed by atoms with van der Waals surface area (Å²) in [4.78, 5) is 16.0. The zero-order valence-electron chi connectivity index (χ0n) is 13.6. The van der Waals surface area contributed by atoms with Crippen molar-refractivity contribution in [3.8, 4) is 0 Å². The third-order valence-electron chi connectivity index (χ3n) is 4.40. The molecule has 1 aliphatic heterocycles. The Kier molecular flexibility index (Phi) is 3.68. The van der Waals surface area contributed by atoms with E-state index in [4.69, 9.17) is 0 Å². The van der Waals surface area contributed by atoms with Crippen molar-refractivity contribution in [1.29, 1.82) is 0 Å². The molecule has 0 aliphatic carbocycles. The van der Waals surface area contributed by atoms with Gasteiger partial charge in [-0.2, -0.15) is 9.90 Å². The highest BCUT2D eigenvalue weighted by molar-refractivity contribution is 5.88. The minimum atomic E-state index is -0.128. The third-order valence-corrected chi connectivity index (χ3v) is 4.40. The summed E-state index contributed by atoms with van der Waals surface area (Å²) in [5.74, 6) is 0.492. The van der Waals surface area contributed by atoms with E-state index in [9.17, 15) is 4.79 Å². The fourth-order valence-corrected chi connectivity index (χ4v) is 3.23. The van der Waals surface area contributed by atoms with Crippen LogP contribution in [0.1, 0.15) is 19.0 Å². The van der Waals surface area contributed by atoms with Crippen LogP contribution in [0.2, 0.25) is 0 Å². The Hall–Kier alpha value is -2.83. The first kappa shape index (κ1) is 14.7. The van der Waals surface area contributed by atoms with Gasteiger partial charge in [0.1, 0.15) is 0 Å².